The van der Waals surface area contributed by atoms with Gasteiger partial charge in [-0.15, -0.1) is 0 Å². The highest BCUT2D eigenvalue weighted by atomic mass is 35.5. The Bertz CT molecular complexity index is 479. The summed E-state index contributed by atoms with van der Waals surface area (Å²) in [6, 6.07) is 3.70. The Kier molecular flexibility index (Phi) is 4.38. The topological polar surface area (TPSA) is 41.1 Å². The molecule has 3 nitrogen and oxygen atoms in total. The maximum absolute atomic E-state index is 11.1. The summed E-state index contributed by atoms with van der Waals surface area (Å²) in [5.41, 5.74) is 0.880. The molecule has 1 aliphatic heterocycles. The summed E-state index contributed by atoms with van der Waals surface area (Å²) in [5.74, 6) is 0.0694. The van der Waals surface area contributed by atoms with E-state index in [9.17, 15) is 4.79 Å². The molecule has 1 aliphatic rings. The van der Waals surface area contributed by atoms with Crippen LogP contribution in [0.25, 0.3) is 0 Å². The predicted molar refractivity (Wildman–Crippen MR) is 74.4 cm³/mol. The Labute approximate surface area is 121 Å². The maximum atomic E-state index is 11.1. The fourth-order valence-corrected chi connectivity index (χ4v) is 2.75. The number of hydrogen-bond acceptors (Lipinski definition) is 2. The molecule has 0 saturated carbocycles. The van der Waals surface area contributed by atoms with E-state index in [4.69, 9.17) is 34.8 Å². The van der Waals surface area contributed by atoms with E-state index in [1.807, 2.05) is 13.0 Å². The Morgan fingerprint density at radius 1 is 1.33 bits per heavy atom. The van der Waals surface area contributed by atoms with Crippen molar-refractivity contribution in [3.8, 4) is 0 Å². The van der Waals surface area contributed by atoms with Gasteiger partial charge in [-0.05, 0) is 18.6 Å². The third kappa shape index (κ3) is 2.91. The van der Waals surface area contributed by atoms with E-state index in [-0.39, 0.29) is 18.0 Å². The van der Waals surface area contributed by atoms with Crippen LogP contribution in [0.3, 0.4) is 0 Å². The molecule has 0 bridgehead atoms. The molecule has 0 aromatic heterocycles. The maximum Gasteiger partial charge on any atom is 0.221 e. The van der Waals surface area contributed by atoms with Crippen LogP contribution in [-0.4, -0.2) is 18.5 Å². The lowest BCUT2D eigenvalue weighted by atomic mass is 10.1. The number of carbonyl (C=O) groups is 1. The standard InChI is InChI=1S/C12H13Cl3N2O/c1-6(17-7-4-10(18)16-5-7)8-2-3-9(13)12(15)11(8)14/h2-3,6-7,17H,4-5H2,1H3,(H,16,18). The van der Waals surface area contributed by atoms with Gasteiger partial charge >= 0.3 is 0 Å². The van der Waals surface area contributed by atoms with E-state index < -0.39 is 0 Å². The molecule has 1 heterocycles. The molecule has 0 aliphatic carbocycles. The van der Waals surface area contributed by atoms with Crippen LogP contribution in [0.2, 0.25) is 15.1 Å². The largest absolute Gasteiger partial charge is 0.354 e. The fourth-order valence-electron chi connectivity index (χ4n) is 2.04. The van der Waals surface area contributed by atoms with E-state index in [1.165, 1.54) is 0 Å². The van der Waals surface area contributed by atoms with Gasteiger partial charge in [-0.1, -0.05) is 40.9 Å². The van der Waals surface area contributed by atoms with Gasteiger partial charge in [0.2, 0.25) is 5.91 Å². The van der Waals surface area contributed by atoms with Gasteiger partial charge in [0.1, 0.15) is 0 Å². The Balaban J connectivity index is 2.11. The zero-order valence-electron chi connectivity index (χ0n) is 9.77. The van der Waals surface area contributed by atoms with E-state index in [2.05, 4.69) is 10.6 Å². The second kappa shape index (κ2) is 5.66. The Morgan fingerprint density at radius 3 is 2.67 bits per heavy atom. The third-order valence-corrected chi connectivity index (χ3v) is 4.30. The second-order valence-electron chi connectivity index (χ2n) is 4.36. The van der Waals surface area contributed by atoms with Crippen molar-refractivity contribution < 1.29 is 4.79 Å². The molecule has 0 spiro atoms. The van der Waals surface area contributed by atoms with Crippen molar-refractivity contribution in [3.63, 3.8) is 0 Å². The highest BCUT2D eigenvalue weighted by molar-refractivity contribution is 6.48. The lowest BCUT2D eigenvalue weighted by Crippen LogP contribution is -2.33. The van der Waals surface area contributed by atoms with Crippen molar-refractivity contribution in [2.24, 2.45) is 0 Å². The van der Waals surface area contributed by atoms with Crippen LogP contribution in [0.5, 0.6) is 0 Å². The van der Waals surface area contributed by atoms with Crippen LogP contribution >= 0.6 is 34.8 Å². The van der Waals surface area contributed by atoms with E-state index in [1.54, 1.807) is 6.07 Å². The number of rotatable bonds is 3. The van der Waals surface area contributed by atoms with E-state index in [0.717, 1.165) is 5.56 Å². The summed E-state index contributed by atoms with van der Waals surface area (Å²) in [7, 11) is 0. The zero-order chi connectivity index (χ0) is 13.3. The first kappa shape index (κ1) is 13.9. The molecule has 6 heteroatoms. The molecular weight excluding hydrogens is 295 g/mol. The second-order valence-corrected chi connectivity index (χ2v) is 5.52. The van der Waals surface area contributed by atoms with Gasteiger partial charge in [-0.25, -0.2) is 0 Å². The van der Waals surface area contributed by atoms with Gasteiger partial charge in [0, 0.05) is 25.0 Å². The lowest BCUT2D eigenvalue weighted by molar-refractivity contribution is -0.119. The third-order valence-electron chi connectivity index (χ3n) is 2.99. The van der Waals surface area contributed by atoms with Crippen molar-refractivity contribution in [1.82, 2.24) is 10.6 Å². The van der Waals surface area contributed by atoms with Crippen molar-refractivity contribution >= 4 is 40.7 Å². The Hall–Kier alpha value is -0.480. The molecule has 2 rings (SSSR count). The minimum absolute atomic E-state index is 0.00460. The SMILES string of the molecule is CC(NC1CNC(=O)C1)c1ccc(Cl)c(Cl)c1Cl. The summed E-state index contributed by atoms with van der Waals surface area (Å²) in [6.45, 7) is 2.62. The molecule has 18 heavy (non-hydrogen) atoms. The average molecular weight is 308 g/mol. The molecule has 98 valence electrons. The first-order valence-corrected chi connectivity index (χ1v) is 6.78. The molecule has 0 radical (unpaired) electrons. The summed E-state index contributed by atoms with van der Waals surface area (Å²) in [6.07, 6.45) is 0.489. The minimum atomic E-state index is 0.00460. The van der Waals surface area contributed by atoms with Crippen LogP contribution in [0.4, 0.5) is 0 Å². The summed E-state index contributed by atoms with van der Waals surface area (Å²) < 4.78 is 0. The van der Waals surface area contributed by atoms with Crippen LogP contribution in [0, 0.1) is 0 Å². The van der Waals surface area contributed by atoms with Gasteiger partial charge in [-0.3, -0.25) is 4.79 Å². The molecule has 1 aromatic rings. The van der Waals surface area contributed by atoms with Crippen molar-refractivity contribution in [2.45, 2.75) is 25.4 Å². The van der Waals surface area contributed by atoms with Crippen LogP contribution in [0.15, 0.2) is 12.1 Å². The van der Waals surface area contributed by atoms with Crippen molar-refractivity contribution in [2.75, 3.05) is 6.54 Å². The molecule has 1 aromatic carbocycles. The highest BCUT2D eigenvalue weighted by Crippen LogP contribution is 2.35. The zero-order valence-corrected chi connectivity index (χ0v) is 12.0. The molecule has 2 atom stereocenters. The number of benzene rings is 1. The molecule has 1 amide bonds. The number of halogens is 3. The lowest BCUT2D eigenvalue weighted by Gasteiger charge is -2.20. The van der Waals surface area contributed by atoms with E-state index >= 15 is 0 Å². The number of nitrogens with one attached hydrogen (secondary N) is 2. The minimum Gasteiger partial charge on any atom is -0.354 e. The normalized spacial score (nSPS) is 20.9. The molecule has 1 saturated heterocycles. The quantitative estimate of drug-likeness (QED) is 0.842. The average Bonchev–Trinajstić information content (AvgIpc) is 2.71. The van der Waals surface area contributed by atoms with Crippen molar-refractivity contribution in [1.29, 1.82) is 0 Å². The fraction of sp³-hybridized carbons (Fsp3) is 0.417. The van der Waals surface area contributed by atoms with Crippen LogP contribution in [-0.2, 0) is 4.79 Å². The van der Waals surface area contributed by atoms with Crippen molar-refractivity contribution in [3.05, 3.63) is 32.8 Å². The van der Waals surface area contributed by atoms with Gasteiger partial charge in [0.05, 0.1) is 15.1 Å². The predicted octanol–water partition coefficient (Wildman–Crippen LogP) is 3.19. The monoisotopic (exact) mass is 306 g/mol. The smallest absolute Gasteiger partial charge is 0.221 e. The van der Waals surface area contributed by atoms with Gasteiger partial charge in [-0.2, -0.15) is 0 Å². The first-order valence-electron chi connectivity index (χ1n) is 5.65. The van der Waals surface area contributed by atoms with E-state index in [0.29, 0.717) is 28.0 Å². The number of hydrogen-bond donors (Lipinski definition) is 2. The summed E-state index contributed by atoms with van der Waals surface area (Å²) in [4.78, 5) is 11.1. The van der Waals surface area contributed by atoms with Crippen LogP contribution in [0.1, 0.15) is 24.9 Å². The molecular formula is C12H13Cl3N2O. The first-order chi connectivity index (χ1) is 8.49. The summed E-state index contributed by atoms with van der Waals surface area (Å²) >= 11 is 18.1. The molecule has 1 fully saturated rings. The highest BCUT2D eigenvalue weighted by Gasteiger charge is 2.24. The summed E-state index contributed by atoms with van der Waals surface area (Å²) in [5, 5.41) is 7.39. The molecule has 2 N–H and O–H groups in total. The molecule has 2 unspecified atom stereocenters. The number of amides is 1. The van der Waals surface area contributed by atoms with Gasteiger partial charge in [0.25, 0.3) is 0 Å². The van der Waals surface area contributed by atoms with Gasteiger partial charge < -0.3 is 10.6 Å². The van der Waals surface area contributed by atoms with Crippen LogP contribution < -0.4 is 10.6 Å². The van der Waals surface area contributed by atoms with Gasteiger partial charge in [0.15, 0.2) is 0 Å². The Morgan fingerprint density at radius 2 is 2.06 bits per heavy atom. The number of carbonyl (C=O) groups excluding carboxylic acids is 1.